The molecule has 0 bridgehead atoms. The second-order valence-electron chi connectivity index (χ2n) is 5.30. The van der Waals surface area contributed by atoms with E-state index in [1.165, 1.54) is 0 Å². The maximum Gasteiger partial charge on any atom is 0.230 e. The minimum atomic E-state index is -0.562. The van der Waals surface area contributed by atoms with Gasteiger partial charge in [-0.1, -0.05) is 23.7 Å². The molecule has 1 aromatic rings. The van der Waals surface area contributed by atoms with Crippen LogP contribution in [-0.4, -0.2) is 25.0 Å². The quantitative estimate of drug-likeness (QED) is 0.901. The van der Waals surface area contributed by atoms with Crippen molar-refractivity contribution in [2.45, 2.75) is 31.7 Å². The van der Waals surface area contributed by atoms with Gasteiger partial charge >= 0.3 is 0 Å². The summed E-state index contributed by atoms with van der Waals surface area (Å²) < 4.78 is 0. The zero-order chi connectivity index (χ0) is 13.2. The minimum absolute atomic E-state index is 0. The largest absolute Gasteiger partial charge is 0.351 e. The third-order valence-electron chi connectivity index (χ3n) is 3.51. The molecule has 1 aromatic carbocycles. The highest BCUT2D eigenvalue weighted by Crippen LogP contribution is 2.26. The third-order valence-corrected chi connectivity index (χ3v) is 3.74. The molecule has 0 aromatic heterocycles. The maximum absolute atomic E-state index is 12.4. The summed E-state index contributed by atoms with van der Waals surface area (Å²) in [4.78, 5) is 12.4. The molecule has 0 saturated carbocycles. The predicted octanol–water partition coefficient (Wildman–Crippen LogP) is 2.52. The molecule has 3 nitrogen and oxygen atoms in total. The van der Waals surface area contributed by atoms with Crippen LogP contribution in [-0.2, 0) is 10.2 Å². The highest BCUT2D eigenvalue weighted by Gasteiger charge is 2.31. The van der Waals surface area contributed by atoms with Crippen LogP contribution in [0.4, 0.5) is 0 Å². The SMILES string of the molecule is CC(C)(C(=O)NC1CCNC1)c1cccc(Cl)c1.Cl. The van der Waals surface area contributed by atoms with Crippen molar-refractivity contribution < 1.29 is 4.79 Å². The topological polar surface area (TPSA) is 41.1 Å². The highest BCUT2D eigenvalue weighted by molar-refractivity contribution is 6.30. The molecule has 1 heterocycles. The average Bonchev–Trinajstić information content (AvgIpc) is 2.81. The Hall–Kier alpha value is -0.770. The van der Waals surface area contributed by atoms with E-state index in [1.54, 1.807) is 0 Å². The molecule has 0 spiro atoms. The molecule has 0 aliphatic carbocycles. The van der Waals surface area contributed by atoms with Gasteiger partial charge < -0.3 is 10.6 Å². The van der Waals surface area contributed by atoms with Crippen molar-refractivity contribution in [2.75, 3.05) is 13.1 Å². The van der Waals surface area contributed by atoms with Gasteiger partial charge in [0.2, 0.25) is 5.91 Å². The number of halogens is 2. The smallest absolute Gasteiger partial charge is 0.230 e. The first-order valence-corrected chi connectivity index (χ1v) is 6.65. The summed E-state index contributed by atoms with van der Waals surface area (Å²) in [6.07, 6.45) is 0.997. The van der Waals surface area contributed by atoms with E-state index in [1.807, 2.05) is 38.1 Å². The molecule has 106 valence electrons. The lowest BCUT2D eigenvalue weighted by Gasteiger charge is -2.26. The second-order valence-corrected chi connectivity index (χ2v) is 5.73. The molecule has 2 rings (SSSR count). The molecule has 1 amide bonds. The Morgan fingerprint density at radius 3 is 2.79 bits per heavy atom. The molecular formula is C14H20Cl2N2O. The predicted molar refractivity (Wildman–Crippen MR) is 81.1 cm³/mol. The van der Waals surface area contributed by atoms with Crippen molar-refractivity contribution in [1.82, 2.24) is 10.6 Å². The Morgan fingerprint density at radius 2 is 2.21 bits per heavy atom. The van der Waals surface area contributed by atoms with Crippen LogP contribution in [0.5, 0.6) is 0 Å². The molecular weight excluding hydrogens is 283 g/mol. The molecule has 1 unspecified atom stereocenters. The van der Waals surface area contributed by atoms with Crippen molar-refractivity contribution in [3.05, 3.63) is 34.9 Å². The van der Waals surface area contributed by atoms with Crippen molar-refractivity contribution in [3.8, 4) is 0 Å². The van der Waals surface area contributed by atoms with E-state index < -0.39 is 5.41 Å². The summed E-state index contributed by atoms with van der Waals surface area (Å²) in [6.45, 7) is 5.69. The van der Waals surface area contributed by atoms with E-state index in [0.29, 0.717) is 5.02 Å². The van der Waals surface area contributed by atoms with E-state index in [4.69, 9.17) is 11.6 Å². The van der Waals surface area contributed by atoms with E-state index in [2.05, 4.69) is 10.6 Å². The van der Waals surface area contributed by atoms with Crippen LogP contribution in [0.2, 0.25) is 5.02 Å². The fourth-order valence-corrected chi connectivity index (χ4v) is 2.34. The van der Waals surface area contributed by atoms with Gasteiger partial charge in [0, 0.05) is 17.6 Å². The monoisotopic (exact) mass is 302 g/mol. The molecule has 1 aliphatic rings. The van der Waals surface area contributed by atoms with Crippen molar-refractivity contribution in [2.24, 2.45) is 0 Å². The molecule has 1 fully saturated rings. The maximum atomic E-state index is 12.4. The number of carbonyl (C=O) groups excluding carboxylic acids is 1. The molecule has 2 N–H and O–H groups in total. The molecule has 1 atom stereocenters. The van der Waals surface area contributed by atoms with Crippen LogP contribution in [0.25, 0.3) is 0 Å². The van der Waals surface area contributed by atoms with Crippen LogP contribution >= 0.6 is 24.0 Å². The summed E-state index contributed by atoms with van der Waals surface area (Å²) in [5.41, 5.74) is 0.381. The zero-order valence-corrected chi connectivity index (χ0v) is 12.8. The lowest BCUT2D eigenvalue weighted by atomic mass is 9.83. The lowest BCUT2D eigenvalue weighted by Crippen LogP contribution is -2.45. The number of benzene rings is 1. The van der Waals surface area contributed by atoms with Crippen LogP contribution in [0.15, 0.2) is 24.3 Å². The highest BCUT2D eigenvalue weighted by atomic mass is 35.5. The van der Waals surface area contributed by atoms with Gasteiger partial charge in [0.25, 0.3) is 0 Å². The Morgan fingerprint density at radius 1 is 1.47 bits per heavy atom. The Kier molecular flexibility index (Phi) is 5.65. The van der Waals surface area contributed by atoms with Gasteiger partial charge in [-0.2, -0.15) is 0 Å². The van der Waals surface area contributed by atoms with Gasteiger partial charge in [-0.25, -0.2) is 0 Å². The summed E-state index contributed by atoms with van der Waals surface area (Å²) in [6, 6.07) is 7.74. The first-order valence-electron chi connectivity index (χ1n) is 6.28. The number of hydrogen-bond donors (Lipinski definition) is 2. The van der Waals surface area contributed by atoms with Gasteiger partial charge in [-0.05, 0) is 44.5 Å². The fraction of sp³-hybridized carbons (Fsp3) is 0.500. The Balaban J connectivity index is 0.00000180. The number of amides is 1. The summed E-state index contributed by atoms with van der Waals surface area (Å²) in [7, 11) is 0. The first kappa shape index (κ1) is 16.3. The summed E-state index contributed by atoms with van der Waals surface area (Å²) in [5, 5.41) is 7.00. The van der Waals surface area contributed by atoms with E-state index in [9.17, 15) is 4.79 Å². The van der Waals surface area contributed by atoms with Crippen molar-refractivity contribution >= 4 is 29.9 Å². The third kappa shape index (κ3) is 3.85. The first-order chi connectivity index (χ1) is 8.50. The van der Waals surface area contributed by atoms with Crippen LogP contribution in [0.3, 0.4) is 0 Å². The fourth-order valence-electron chi connectivity index (χ4n) is 2.15. The van der Waals surface area contributed by atoms with Crippen molar-refractivity contribution in [1.29, 1.82) is 0 Å². The van der Waals surface area contributed by atoms with Crippen LogP contribution in [0.1, 0.15) is 25.8 Å². The molecule has 1 aliphatic heterocycles. The Bertz CT molecular complexity index is 443. The number of hydrogen-bond acceptors (Lipinski definition) is 2. The van der Waals surface area contributed by atoms with Crippen LogP contribution < -0.4 is 10.6 Å². The summed E-state index contributed by atoms with van der Waals surface area (Å²) in [5.74, 6) is 0.0541. The zero-order valence-electron chi connectivity index (χ0n) is 11.2. The molecule has 0 radical (unpaired) electrons. The van der Waals surface area contributed by atoms with Gasteiger partial charge in [0.05, 0.1) is 5.41 Å². The number of carbonyl (C=O) groups is 1. The molecule has 5 heteroatoms. The van der Waals surface area contributed by atoms with Gasteiger partial charge in [0.15, 0.2) is 0 Å². The van der Waals surface area contributed by atoms with E-state index in [-0.39, 0.29) is 24.4 Å². The van der Waals surface area contributed by atoms with Gasteiger partial charge in [0.1, 0.15) is 0 Å². The molecule has 19 heavy (non-hydrogen) atoms. The Labute approximate surface area is 125 Å². The van der Waals surface area contributed by atoms with Crippen LogP contribution in [0, 0.1) is 0 Å². The van der Waals surface area contributed by atoms with E-state index in [0.717, 1.165) is 25.1 Å². The average molecular weight is 303 g/mol. The van der Waals surface area contributed by atoms with Gasteiger partial charge in [-0.3, -0.25) is 4.79 Å². The second kappa shape index (κ2) is 6.60. The normalized spacial score (nSPS) is 18.8. The van der Waals surface area contributed by atoms with Gasteiger partial charge in [-0.15, -0.1) is 12.4 Å². The van der Waals surface area contributed by atoms with E-state index >= 15 is 0 Å². The summed E-state index contributed by atoms with van der Waals surface area (Å²) >= 11 is 5.98. The number of rotatable bonds is 3. The number of nitrogens with one attached hydrogen (secondary N) is 2. The van der Waals surface area contributed by atoms with Crippen molar-refractivity contribution in [3.63, 3.8) is 0 Å². The molecule has 1 saturated heterocycles. The standard InChI is InChI=1S/C14H19ClN2O.ClH/c1-14(2,10-4-3-5-11(15)8-10)13(18)17-12-6-7-16-9-12;/h3-5,8,12,16H,6-7,9H2,1-2H3,(H,17,18);1H. The minimum Gasteiger partial charge on any atom is -0.351 e. The lowest BCUT2D eigenvalue weighted by molar-refractivity contribution is -0.126.